The van der Waals surface area contributed by atoms with Crippen LogP contribution in [0.4, 0.5) is 0 Å². The van der Waals surface area contributed by atoms with E-state index < -0.39 is 0 Å². The smallest absolute Gasteiger partial charge is 0.298 e. The highest BCUT2D eigenvalue weighted by Gasteiger charge is 2.13. The van der Waals surface area contributed by atoms with Gasteiger partial charge in [-0.15, -0.1) is 0 Å². The van der Waals surface area contributed by atoms with Gasteiger partial charge in [-0.05, 0) is 32.1 Å². The van der Waals surface area contributed by atoms with Crippen LogP contribution in [0.1, 0.15) is 19.8 Å². The molecule has 1 aliphatic rings. The minimum Gasteiger partial charge on any atom is -0.332 e. The summed E-state index contributed by atoms with van der Waals surface area (Å²) < 4.78 is 0. The summed E-state index contributed by atoms with van der Waals surface area (Å²) in [4.78, 5) is 12.9. The SMILES string of the molecule is CC#CC(=O)N1CC[CH]CC1. The Hall–Kier alpha value is -0.970. The summed E-state index contributed by atoms with van der Waals surface area (Å²) in [6.07, 6.45) is 4.23. The van der Waals surface area contributed by atoms with E-state index in [0.717, 1.165) is 25.9 Å². The number of hydrogen-bond donors (Lipinski definition) is 0. The molecular weight excluding hydrogens is 138 g/mol. The van der Waals surface area contributed by atoms with Crippen molar-refractivity contribution in [1.82, 2.24) is 4.90 Å². The number of likely N-dealkylation sites (tertiary alicyclic amines) is 1. The van der Waals surface area contributed by atoms with Crippen molar-refractivity contribution in [3.8, 4) is 11.8 Å². The average Bonchev–Trinajstić information content (AvgIpc) is 2.07. The average molecular weight is 150 g/mol. The number of rotatable bonds is 0. The van der Waals surface area contributed by atoms with Gasteiger partial charge in [0.25, 0.3) is 5.91 Å². The summed E-state index contributed by atoms with van der Waals surface area (Å²) >= 11 is 0. The van der Waals surface area contributed by atoms with Crippen LogP contribution in [0.2, 0.25) is 0 Å². The highest BCUT2D eigenvalue weighted by molar-refractivity contribution is 5.93. The number of piperidine rings is 1. The molecule has 0 saturated carbocycles. The van der Waals surface area contributed by atoms with E-state index in [4.69, 9.17) is 0 Å². The van der Waals surface area contributed by atoms with Crippen LogP contribution in [0.25, 0.3) is 0 Å². The van der Waals surface area contributed by atoms with Crippen LogP contribution in [0.5, 0.6) is 0 Å². The Kier molecular flexibility index (Phi) is 2.97. The summed E-state index contributed by atoms with van der Waals surface area (Å²) in [6.45, 7) is 3.37. The van der Waals surface area contributed by atoms with Gasteiger partial charge in [0.2, 0.25) is 0 Å². The van der Waals surface area contributed by atoms with Crippen LogP contribution >= 0.6 is 0 Å². The second kappa shape index (κ2) is 4.02. The lowest BCUT2D eigenvalue weighted by Crippen LogP contribution is -2.34. The molecule has 2 nitrogen and oxygen atoms in total. The van der Waals surface area contributed by atoms with Gasteiger partial charge in [-0.3, -0.25) is 4.79 Å². The van der Waals surface area contributed by atoms with Crippen LogP contribution in [-0.4, -0.2) is 23.9 Å². The van der Waals surface area contributed by atoms with Crippen molar-refractivity contribution in [3.63, 3.8) is 0 Å². The van der Waals surface area contributed by atoms with E-state index in [1.165, 1.54) is 0 Å². The van der Waals surface area contributed by atoms with E-state index in [1.807, 2.05) is 0 Å². The zero-order valence-electron chi connectivity index (χ0n) is 6.76. The molecule has 0 aliphatic carbocycles. The van der Waals surface area contributed by atoms with Crippen LogP contribution < -0.4 is 0 Å². The fourth-order valence-corrected chi connectivity index (χ4v) is 1.14. The molecular formula is C9H12NO. The summed E-state index contributed by atoms with van der Waals surface area (Å²) in [5.74, 6) is 5.12. The van der Waals surface area contributed by atoms with Crippen molar-refractivity contribution in [2.75, 3.05) is 13.1 Å². The number of nitrogens with zero attached hydrogens (tertiary/aromatic N) is 1. The molecule has 0 unspecified atom stereocenters. The van der Waals surface area contributed by atoms with Gasteiger partial charge >= 0.3 is 0 Å². The Morgan fingerprint density at radius 2 is 2.09 bits per heavy atom. The van der Waals surface area contributed by atoms with Crippen molar-refractivity contribution in [1.29, 1.82) is 0 Å². The second-order valence-corrected chi connectivity index (χ2v) is 2.53. The Morgan fingerprint density at radius 3 is 2.64 bits per heavy atom. The largest absolute Gasteiger partial charge is 0.332 e. The first-order valence-corrected chi connectivity index (χ1v) is 3.88. The minimum atomic E-state index is -0.0272. The molecule has 1 aliphatic heterocycles. The summed E-state index contributed by atoms with van der Waals surface area (Å²) in [7, 11) is 0. The topological polar surface area (TPSA) is 20.3 Å². The van der Waals surface area contributed by atoms with Crippen LogP contribution in [0.15, 0.2) is 0 Å². The van der Waals surface area contributed by atoms with E-state index >= 15 is 0 Å². The van der Waals surface area contributed by atoms with Gasteiger partial charge in [0.1, 0.15) is 0 Å². The molecule has 0 atom stereocenters. The number of carbonyl (C=O) groups excluding carboxylic acids is 1. The summed E-state index contributed by atoms with van der Waals surface area (Å²) in [5.41, 5.74) is 0. The summed E-state index contributed by atoms with van der Waals surface area (Å²) in [6, 6.07) is 0. The van der Waals surface area contributed by atoms with E-state index in [2.05, 4.69) is 18.3 Å². The molecule has 0 spiro atoms. The van der Waals surface area contributed by atoms with Gasteiger partial charge in [-0.25, -0.2) is 0 Å². The van der Waals surface area contributed by atoms with Gasteiger partial charge in [-0.2, -0.15) is 0 Å². The third-order valence-electron chi connectivity index (χ3n) is 1.73. The minimum absolute atomic E-state index is 0.0272. The maximum Gasteiger partial charge on any atom is 0.298 e. The normalized spacial score (nSPS) is 17.0. The molecule has 0 aromatic heterocycles. The van der Waals surface area contributed by atoms with Crippen LogP contribution in [0.3, 0.4) is 0 Å². The predicted octanol–water partition coefficient (Wildman–Crippen LogP) is 0.836. The quantitative estimate of drug-likeness (QED) is 0.468. The lowest BCUT2D eigenvalue weighted by atomic mass is 10.1. The van der Waals surface area contributed by atoms with E-state index in [0.29, 0.717) is 0 Å². The molecule has 1 rings (SSSR count). The summed E-state index contributed by atoms with van der Waals surface area (Å²) in [5, 5.41) is 0. The van der Waals surface area contributed by atoms with E-state index in [9.17, 15) is 4.79 Å². The maximum atomic E-state index is 11.1. The molecule has 1 heterocycles. The Bertz CT molecular complexity index is 193. The molecule has 1 amide bonds. The molecule has 1 radical (unpaired) electrons. The maximum absolute atomic E-state index is 11.1. The predicted molar refractivity (Wildman–Crippen MR) is 43.6 cm³/mol. The molecule has 2 heteroatoms. The zero-order valence-corrected chi connectivity index (χ0v) is 6.76. The monoisotopic (exact) mass is 150 g/mol. The number of amides is 1. The first-order chi connectivity index (χ1) is 5.34. The lowest BCUT2D eigenvalue weighted by molar-refractivity contribution is -0.125. The van der Waals surface area contributed by atoms with E-state index in [-0.39, 0.29) is 5.91 Å². The lowest BCUT2D eigenvalue weighted by Gasteiger charge is -2.24. The highest BCUT2D eigenvalue weighted by atomic mass is 16.2. The first kappa shape index (κ1) is 8.13. The van der Waals surface area contributed by atoms with Crippen LogP contribution in [-0.2, 0) is 4.79 Å². The molecule has 1 fully saturated rings. The molecule has 0 N–H and O–H groups in total. The van der Waals surface area contributed by atoms with Gasteiger partial charge in [0.05, 0.1) is 0 Å². The first-order valence-electron chi connectivity index (χ1n) is 3.88. The van der Waals surface area contributed by atoms with E-state index in [1.54, 1.807) is 11.8 Å². The third kappa shape index (κ3) is 2.27. The molecule has 11 heavy (non-hydrogen) atoms. The third-order valence-corrected chi connectivity index (χ3v) is 1.73. The van der Waals surface area contributed by atoms with Gasteiger partial charge in [0.15, 0.2) is 0 Å². The standard InChI is InChI=1S/C9H12NO/c1-2-6-9(11)10-7-4-3-5-8-10/h3H,4-5,7-8H2,1H3. The Balaban J connectivity index is 2.43. The van der Waals surface area contributed by atoms with Gasteiger partial charge in [-0.1, -0.05) is 5.92 Å². The molecule has 0 aromatic carbocycles. The number of carbonyl (C=O) groups is 1. The Labute approximate surface area is 67.6 Å². The second-order valence-electron chi connectivity index (χ2n) is 2.53. The van der Waals surface area contributed by atoms with Gasteiger partial charge in [0, 0.05) is 13.1 Å². The molecule has 1 saturated heterocycles. The van der Waals surface area contributed by atoms with Crippen molar-refractivity contribution >= 4 is 5.91 Å². The van der Waals surface area contributed by atoms with Crippen molar-refractivity contribution < 1.29 is 4.79 Å². The molecule has 0 bridgehead atoms. The van der Waals surface area contributed by atoms with Crippen molar-refractivity contribution in [2.45, 2.75) is 19.8 Å². The number of hydrogen-bond acceptors (Lipinski definition) is 1. The van der Waals surface area contributed by atoms with Crippen molar-refractivity contribution in [3.05, 3.63) is 6.42 Å². The fraction of sp³-hybridized carbons (Fsp3) is 0.556. The Morgan fingerprint density at radius 1 is 1.45 bits per heavy atom. The van der Waals surface area contributed by atoms with Crippen LogP contribution in [0, 0.1) is 18.3 Å². The van der Waals surface area contributed by atoms with Crippen molar-refractivity contribution in [2.24, 2.45) is 0 Å². The highest BCUT2D eigenvalue weighted by Crippen LogP contribution is 2.06. The van der Waals surface area contributed by atoms with Gasteiger partial charge < -0.3 is 4.90 Å². The fourth-order valence-electron chi connectivity index (χ4n) is 1.14. The molecule has 59 valence electrons. The molecule has 0 aromatic rings. The zero-order chi connectivity index (χ0) is 8.10.